The van der Waals surface area contributed by atoms with Gasteiger partial charge in [0.1, 0.15) is 11.7 Å². The molecular weight excluding hydrogens is 350 g/mol. The Bertz CT molecular complexity index is 828. The quantitative estimate of drug-likeness (QED) is 0.566. The highest BCUT2D eigenvalue weighted by Gasteiger charge is 2.20. The van der Waals surface area contributed by atoms with Crippen molar-refractivity contribution < 1.29 is 23.4 Å². The molecule has 0 heterocycles. The topological polar surface area (TPSA) is 46.5 Å². The van der Waals surface area contributed by atoms with Crippen LogP contribution in [0.2, 0.25) is 0 Å². The fraction of sp³-hybridized carbons (Fsp3) is 0.227. The van der Waals surface area contributed by atoms with Crippen LogP contribution in [0.4, 0.5) is 8.78 Å². The van der Waals surface area contributed by atoms with Crippen molar-refractivity contribution in [2.24, 2.45) is 0 Å². The molecule has 5 heteroatoms. The minimum absolute atomic E-state index is 0.263. The molecular formula is C22H22F2O3. The third kappa shape index (κ3) is 6.15. The summed E-state index contributed by atoms with van der Waals surface area (Å²) in [5.41, 5.74) is 0.275. The van der Waals surface area contributed by atoms with Gasteiger partial charge in [0.15, 0.2) is 0 Å². The second-order valence-electron chi connectivity index (χ2n) is 6.98. The van der Waals surface area contributed by atoms with Crippen molar-refractivity contribution >= 4 is 17.6 Å². The number of aliphatic hydroxyl groups is 1. The molecule has 0 fully saturated rings. The van der Waals surface area contributed by atoms with Crippen molar-refractivity contribution in [1.29, 1.82) is 0 Å². The number of rotatable bonds is 5. The van der Waals surface area contributed by atoms with E-state index in [-0.39, 0.29) is 5.56 Å². The molecule has 0 spiro atoms. The molecule has 2 rings (SSSR count). The molecule has 0 aromatic heterocycles. The van der Waals surface area contributed by atoms with Crippen molar-refractivity contribution in [3.63, 3.8) is 0 Å². The van der Waals surface area contributed by atoms with Gasteiger partial charge in [0.25, 0.3) is 6.08 Å². The average molecular weight is 372 g/mol. The maximum atomic E-state index is 13.4. The van der Waals surface area contributed by atoms with E-state index >= 15 is 0 Å². The van der Waals surface area contributed by atoms with Crippen molar-refractivity contribution in [2.45, 2.75) is 32.5 Å². The Kier molecular flexibility index (Phi) is 6.64. The van der Waals surface area contributed by atoms with Crippen LogP contribution in [0.25, 0.3) is 11.6 Å². The van der Waals surface area contributed by atoms with Crippen molar-refractivity contribution in [3.05, 3.63) is 83.4 Å². The molecule has 0 aliphatic heterocycles. The normalized spacial score (nSPS) is 12.7. The summed E-state index contributed by atoms with van der Waals surface area (Å²) in [6.45, 7) is 5.32. The van der Waals surface area contributed by atoms with E-state index in [1.54, 1.807) is 69.3 Å². The van der Waals surface area contributed by atoms with Crippen LogP contribution in [-0.4, -0.2) is 16.7 Å². The first-order valence-corrected chi connectivity index (χ1v) is 8.47. The van der Waals surface area contributed by atoms with Crippen molar-refractivity contribution in [1.82, 2.24) is 0 Å². The van der Waals surface area contributed by atoms with Crippen LogP contribution in [0.1, 0.15) is 43.6 Å². The Hall–Kier alpha value is -2.79. The second-order valence-corrected chi connectivity index (χ2v) is 6.98. The molecule has 0 amide bonds. The number of hydrogen-bond acceptors (Lipinski definition) is 3. The van der Waals surface area contributed by atoms with Gasteiger partial charge in [0.2, 0.25) is 0 Å². The van der Waals surface area contributed by atoms with Gasteiger partial charge in [-0.3, -0.25) is 0 Å². The zero-order valence-corrected chi connectivity index (χ0v) is 15.4. The highest BCUT2D eigenvalue weighted by atomic mass is 19.3. The van der Waals surface area contributed by atoms with Crippen molar-refractivity contribution in [2.75, 3.05) is 0 Å². The van der Waals surface area contributed by atoms with Crippen LogP contribution in [0.3, 0.4) is 0 Å². The Morgan fingerprint density at radius 1 is 1.04 bits per heavy atom. The molecule has 3 nitrogen and oxygen atoms in total. The summed E-state index contributed by atoms with van der Waals surface area (Å²) >= 11 is 0. The van der Waals surface area contributed by atoms with Gasteiger partial charge in [-0.15, -0.1) is 0 Å². The average Bonchev–Trinajstić information content (AvgIpc) is 2.59. The highest BCUT2D eigenvalue weighted by molar-refractivity contribution is 5.87. The molecule has 142 valence electrons. The lowest BCUT2D eigenvalue weighted by Gasteiger charge is -2.18. The molecule has 0 saturated heterocycles. The van der Waals surface area contributed by atoms with Crippen LogP contribution < -0.4 is 0 Å². The van der Waals surface area contributed by atoms with E-state index < -0.39 is 29.3 Å². The SMILES string of the molecule is CC(C)(C)OC(=O)/C=C/c1ccc(C(O)C(=C(F)F)c2ccccc2)cc1. The fourth-order valence-corrected chi connectivity index (χ4v) is 2.44. The van der Waals surface area contributed by atoms with E-state index in [2.05, 4.69) is 0 Å². The van der Waals surface area contributed by atoms with Gasteiger partial charge in [0.05, 0.1) is 5.57 Å². The van der Waals surface area contributed by atoms with Gasteiger partial charge in [-0.2, -0.15) is 8.78 Å². The van der Waals surface area contributed by atoms with Crippen LogP contribution in [0, 0.1) is 0 Å². The third-order valence-corrected chi connectivity index (χ3v) is 3.63. The maximum absolute atomic E-state index is 13.4. The number of carbonyl (C=O) groups is 1. The molecule has 0 aliphatic carbocycles. The van der Waals surface area contributed by atoms with Crippen molar-refractivity contribution in [3.8, 4) is 0 Å². The van der Waals surface area contributed by atoms with E-state index in [4.69, 9.17) is 4.74 Å². The molecule has 0 aliphatic rings. The number of esters is 1. The first-order valence-electron chi connectivity index (χ1n) is 8.47. The Balaban J connectivity index is 2.16. The summed E-state index contributed by atoms with van der Waals surface area (Å²) < 4.78 is 32.0. The molecule has 2 aromatic carbocycles. The smallest absolute Gasteiger partial charge is 0.331 e. The molecule has 27 heavy (non-hydrogen) atoms. The summed E-state index contributed by atoms with van der Waals surface area (Å²) in [7, 11) is 0. The van der Waals surface area contributed by atoms with Crippen LogP contribution in [0.15, 0.2) is 66.8 Å². The number of hydrogen-bond donors (Lipinski definition) is 1. The minimum atomic E-state index is -1.93. The Morgan fingerprint density at radius 2 is 1.63 bits per heavy atom. The summed E-state index contributed by atoms with van der Waals surface area (Å²) in [6, 6.07) is 14.4. The molecule has 0 bridgehead atoms. The first kappa shape index (κ1) is 20.5. The molecule has 1 atom stereocenters. The van der Waals surface area contributed by atoms with E-state index in [0.717, 1.165) is 0 Å². The highest BCUT2D eigenvalue weighted by Crippen LogP contribution is 2.33. The van der Waals surface area contributed by atoms with Gasteiger partial charge in [-0.25, -0.2) is 4.79 Å². The predicted molar refractivity (Wildman–Crippen MR) is 102 cm³/mol. The number of ether oxygens (including phenoxy) is 1. The van der Waals surface area contributed by atoms with Gasteiger partial charge >= 0.3 is 5.97 Å². The van der Waals surface area contributed by atoms with Gasteiger partial charge in [-0.1, -0.05) is 54.6 Å². The summed E-state index contributed by atoms with van der Waals surface area (Å²) in [6.07, 6.45) is -0.523. The number of aliphatic hydroxyl groups excluding tert-OH is 1. The van der Waals surface area contributed by atoms with Gasteiger partial charge in [-0.05, 0) is 43.5 Å². The number of carbonyl (C=O) groups excluding carboxylic acids is 1. The summed E-state index contributed by atoms with van der Waals surface area (Å²) in [5, 5.41) is 10.4. The fourth-order valence-electron chi connectivity index (χ4n) is 2.44. The van der Waals surface area contributed by atoms with Crippen LogP contribution >= 0.6 is 0 Å². The lowest BCUT2D eigenvalue weighted by atomic mass is 9.95. The minimum Gasteiger partial charge on any atom is -0.457 e. The maximum Gasteiger partial charge on any atom is 0.331 e. The molecule has 1 unspecified atom stereocenters. The summed E-state index contributed by atoms with van der Waals surface area (Å²) in [5.74, 6) is -0.472. The molecule has 0 radical (unpaired) electrons. The number of benzene rings is 2. The lowest BCUT2D eigenvalue weighted by Crippen LogP contribution is -2.22. The molecule has 1 N–H and O–H groups in total. The first-order chi connectivity index (χ1) is 12.7. The van der Waals surface area contributed by atoms with Crippen LogP contribution in [0.5, 0.6) is 0 Å². The largest absolute Gasteiger partial charge is 0.457 e. The van der Waals surface area contributed by atoms with Crippen LogP contribution in [-0.2, 0) is 9.53 Å². The van der Waals surface area contributed by atoms with E-state index in [0.29, 0.717) is 11.1 Å². The third-order valence-electron chi connectivity index (χ3n) is 3.63. The molecule has 0 saturated carbocycles. The monoisotopic (exact) mass is 372 g/mol. The summed E-state index contributed by atoms with van der Waals surface area (Å²) in [4.78, 5) is 11.7. The van der Waals surface area contributed by atoms with E-state index in [1.165, 1.54) is 18.2 Å². The predicted octanol–water partition coefficient (Wildman–Crippen LogP) is 5.38. The second kappa shape index (κ2) is 8.73. The van der Waals surface area contributed by atoms with Gasteiger partial charge < -0.3 is 9.84 Å². The Labute approximate surface area is 157 Å². The standard InChI is InChI=1S/C22H22F2O3/c1-22(2,3)27-18(25)14-11-15-9-12-17(13-10-15)20(26)19(21(23)24)16-7-5-4-6-8-16/h4-14,20,26H,1-3H3/b14-11+. The zero-order chi connectivity index (χ0) is 20.0. The van der Waals surface area contributed by atoms with Gasteiger partial charge in [0, 0.05) is 6.08 Å². The zero-order valence-electron chi connectivity index (χ0n) is 15.4. The molecule has 2 aromatic rings. The lowest BCUT2D eigenvalue weighted by molar-refractivity contribution is -0.148. The van der Waals surface area contributed by atoms with E-state index in [9.17, 15) is 18.7 Å². The number of halogens is 2. The van der Waals surface area contributed by atoms with E-state index in [1.807, 2.05) is 0 Å². The Morgan fingerprint density at radius 3 is 2.15 bits per heavy atom.